The molecule has 8 nitrogen and oxygen atoms in total. The van der Waals surface area contributed by atoms with Crippen LogP contribution in [0.5, 0.6) is 11.5 Å². The molecule has 1 amide bonds. The largest absolute Gasteiger partial charge is 0.493 e. The van der Waals surface area contributed by atoms with E-state index in [0.717, 1.165) is 31.1 Å². The highest BCUT2D eigenvalue weighted by atomic mass is 16.6. The van der Waals surface area contributed by atoms with Crippen LogP contribution in [0.1, 0.15) is 41.6 Å². The van der Waals surface area contributed by atoms with Crippen molar-refractivity contribution in [3.8, 4) is 11.5 Å². The first kappa shape index (κ1) is 20.8. The fourth-order valence-corrected chi connectivity index (χ4v) is 4.22. The third kappa shape index (κ3) is 4.23. The lowest BCUT2D eigenvalue weighted by Gasteiger charge is -2.37. The minimum atomic E-state index is -0.607. The van der Waals surface area contributed by atoms with E-state index in [9.17, 15) is 19.7 Å². The van der Waals surface area contributed by atoms with Gasteiger partial charge in [-0.1, -0.05) is 30.3 Å². The molecule has 0 bridgehead atoms. The van der Waals surface area contributed by atoms with E-state index in [1.807, 2.05) is 30.3 Å². The molecule has 1 saturated heterocycles. The number of ether oxygens (including phenoxy) is 2. The molecule has 1 aliphatic carbocycles. The Morgan fingerprint density at radius 2 is 1.97 bits per heavy atom. The van der Waals surface area contributed by atoms with Gasteiger partial charge in [0.2, 0.25) is 0 Å². The molecule has 1 spiro atoms. The Hall–Kier alpha value is -3.42. The van der Waals surface area contributed by atoms with E-state index in [4.69, 9.17) is 9.47 Å². The zero-order chi connectivity index (χ0) is 22.0. The van der Waals surface area contributed by atoms with E-state index in [0.29, 0.717) is 13.0 Å². The predicted molar refractivity (Wildman–Crippen MR) is 112 cm³/mol. The predicted octanol–water partition coefficient (Wildman–Crippen LogP) is 3.77. The maximum absolute atomic E-state index is 13.3. The molecule has 1 saturated carbocycles. The Bertz CT molecular complexity index is 1000. The number of aldehydes is 1. The molecule has 0 radical (unpaired) electrons. The highest BCUT2D eigenvalue weighted by molar-refractivity contribution is 6.00. The lowest BCUT2D eigenvalue weighted by Crippen LogP contribution is -2.47. The molecule has 0 N–H and O–H groups in total. The number of carbonyl (C=O) groups is 2. The molecule has 2 fully saturated rings. The summed E-state index contributed by atoms with van der Waals surface area (Å²) in [5.74, 6) is -0.132. The summed E-state index contributed by atoms with van der Waals surface area (Å²) in [5, 5.41) is 11.8. The average Bonchev–Trinajstić information content (AvgIpc) is 3.55. The third-order valence-electron chi connectivity index (χ3n) is 6.25. The molecule has 1 heterocycles. The molecule has 1 atom stereocenters. The smallest absolute Gasteiger partial charge is 0.286 e. The maximum atomic E-state index is 13.3. The Kier molecular flexibility index (Phi) is 5.63. The average molecular weight is 424 g/mol. The minimum absolute atomic E-state index is 0.104. The first-order valence-electron chi connectivity index (χ1n) is 10.3. The van der Waals surface area contributed by atoms with E-state index in [1.54, 1.807) is 0 Å². The quantitative estimate of drug-likeness (QED) is 0.381. The maximum Gasteiger partial charge on any atom is 0.286 e. The number of hydrogen-bond donors (Lipinski definition) is 0. The van der Waals surface area contributed by atoms with Crippen LogP contribution in [0.2, 0.25) is 0 Å². The van der Waals surface area contributed by atoms with Gasteiger partial charge < -0.3 is 19.2 Å². The minimum Gasteiger partial charge on any atom is -0.493 e. The van der Waals surface area contributed by atoms with Crippen molar-refractivity contribution in [2.75, 3.05) is 13.7 Å². The normalized spacial score (nSPS) is 19.0. The summed E-state index contributed by atoms with van der Waals surface area (Å²) >= 11 is 0. The second-order valence-electron chi connectivity index (χ2n) is 8.21. The number of methoxy groups -OCH3 is 1. The summed E-state index contributed by atoms with van der Waals surface area (Å²) in [6.45, 7) is 0.608. The number of carbonyl (C=O) groups excluding carboxylic acids is 2. The standard InChI is InChI=1S/C23H24N2O6/c1-30-20-11-18(22(27)24-10-9-23(7-8-23)13-17(24)14-26)19(25(28)29)12-21(20)31-15-16-5-3-2-4-6-16/h2-6,11-12,14,17H,7-10,13,15H2,1H3/t17-/m0/s1. The monoisotopic (exact) mass is 424 g/mol. The number of benzene rings is 2. The van der Waals surface area contributed by atoms with Gasteiger partial charge in [0, 0.05) is 12.6 Å². The fraction of sp³-hybridized carbons (Fsp3) is 0.391. The van der Waals surface area contributed by atoms with Gasteiger partial charge in [-0.15, -0.1) is 0 Å². The summed E-state index contributed by atoms with van der Waals surface area (Å²) in [5.41, 5.74) is 0.586. The van der Waals surface area contributed by atoms with Crippen LogP contribution in [0.3, 0.4) is 0 Å². The number of rotatable bonds is 7. The molecular formula is C23H24N2O6. The van der Waals surface area contributed by atoms with E-state index in [-0.39, 0.29) is 34.8 Å². The van der Waals surface area contributed by atoms with Crippen LogP contribution in [0.15, 0.2) is 42.5 Å². The third-order valence-corrected chi connectivity index (χ3v) is 6.25. The van der Waals surface area contributed by atoms with Crippen LogP contribution in [0.4, 0.5) is 5.69 Å². The second kappa shape index (κ2) is 8.37. The first-order chi connectivity index (χ1) is 15.0. The van der Waals surface area contributed by atoms with Crippen molar-refractivity contribution in [2.24, 2.45) is 5.41 Å². The molecule has 162 valence electrons. The Morgan fingerprint density at radius 3 is 2.58 bits per heavy atom. The molecule has 31 heavy (non-hydrogen) atoms. The molecule has 4 rings (SSSR count). The zero-order valence-corrected chi connectivity index (χ0v) is 17.3. The highest BCUT2D eigenvalue weighted by Gasteiger charge is 2.49. The van der Waals surface area contributed by atoms with Crippen molar-refractivity contribution < 1.29 is 24.0 Å². The Morgan fingerprint density at radius 1 is 1.23 bits per heavy atom. The molecular weight excluding hydrogens is 400 g/mol. The Balaban J connectivity index is 1.62. The summed E-state index contributed by atoms with van der Waals surface area (Å²) in [4.78, 5) is 37.5. The zero-order valence-electron chi connectivity index (χ0n) is 17.3. The van der Waals surface area contributed by atoms with Crippen molar-refractivity contribution in [2.45, 2.75) is 38.3 Å². The Labute approximate surface area is 179 Å². The van der Waals surface area contributed by atoms with Crippen LogP contribution in [-0.4, -0.2) is 41.7 Å². The van der Waals surface area contributed by atoms with E-state index < -0.39 is 16.9 Å². The number of nitro benzene ring substituents is 1. The van der Waals surface area contributed by atoms with Crippen molar-refractivity contribution in [3.63, 3.8) is 0 Å². The number of nitrogens with zero attached hydrogens (tertiary/aromatic N) is 2. The topological polar surface area (TPSA) is 99.0 Å². The second-order valence-corrected chi connectivity index (χ2v) is 8.21. The van der Waals surface area contributed by atoms with Crippen molar-refractivity contribution in [1.82, 2.24) is 4.90 Å². The first-order valence-corrected chi connectivity index (χ1v) is 10.3. The van der Waals surface area contributed by atoms with Crippen molar-refractivity contribution in [3.05, 3.63) is 63.7 Å². The van der Waals surface area contributed by atoms with Gasteiger partial charge in [-0.05, 0) is 36.7 Å². The molecule has 2 aromatic carbocycles. The van der Waals surface area contributed by atoms with Gasteiger partial charge in [0.15, 0.2) is 11.5 Å². The number of hydrogen-bond acceptors (Lipinski definition) is 6. The van der Waals surface area contributed by atoms with Gasteiger partial charge in [0.25, 0.3) is 11.6 Å². The number of nitro groups is 1. The van der Waals surface area contributed by atoms with Crippen LogP contribution in [-0.2, 0) is 11.4 Å². The van der Waals surface area contributed by atoms with Crippen LogP contribution in [0, 0.1) is 15.5 Å². The van der Waals surface area contributed by atoms with Gasteiger partial charge in [0.05, 0.1) is 24.1 Å². The number of piperidine rings is 1. The van der Waals surface area contributed by atoms with Gasteiger partial charge in [-0.2, -0.15) is 0 Å². The van der Waals surface area contributed by atoms with E-state index in [2.05, 4.69) is 0 Å². The van der Waals surface area contributed by atoms with Gasteiger partial charge >= 0.3 is 0 Å². The van der Waals surface area contributed by atoms with Crippen LogP contribution in [0.25, 0.3) is 0 Å². The summed E-state index contributed by atoms with van der Waals surface area (Å²) in [6, 6.07) is 11.4. The lowest BCUT2D eigenvalue weighted by molar-refractivity contribution is -0.385. The highest BCUT2D eigenvalue weighted by Crippen LogP contribution is 2.55. The van der Waals surface area contributed by atoms with Crippen LogP contribution >= 0.6 is 0 Å². The number of likely N-dealkylation sites (tertiary alicyclic amines) is 1. The molecule has 2 aliphatic rings. The SMILES string of the molecule is COc1cc(C(=O)N2CCC3(CC3)C[C@H]2C=O)c([N+](=O)[O-])cc1OCc1ccccc1. The van der Waals surface area contributed by atoms with Crippen molar-refractivity contribution >= 4 is 17.9 Å². The molecule has 8 heteroatoms. The van der Waals surface area contributed by atoms with E-state index >= 15 is 0 Å². The molecule has 2 aromatic rings. The molecule has 0 unspecified atom stereocenters. The fourth-order valence-electron chi connectivity index (χ4n) is 4.22. The molecule has 1 aliphatic heterocycles. The van der Waals surface area contributed by atoms with Gasteiger partial charge in [0.1, 0.15) is 18.5 Å². The van der Waals surface area contributed by atoms with Crippen LogP contribution < -0.4 is 9.47 Å². The lowest BCUT2D eigenvalue weighted by atomic mass is 9.88. The van der Waals surface area contributed by atoms with E-state index in [1.165, 1.54) is 24.1 Å². The number of amides is 1. The van der Waals surface area contributed by atoms with Gasteiger partial charge in [-0.25, -0.2) is 0 Å². The van der Waals surface area contributed by atoms with Gasteiger partial charge in [-0.3, -0.25) is 14.9 Å². The van der Waals surface area contributed by atoms with Crippen molar-refractivity contribution in [1.29, 1.82) is 0 Å². The summed E-state index contributed by atoms with van der Waals surface area (Å²) in [7, 11) is 1.41. The summed E-state index contributed by atoms with van der Waals surface area (Å²) < 4.78 is 11.1. The summed E-state index contributed by atoms with van der Waals surface area (Å²) in [6.07, 6.45) is 4.34. The molecule has 0 aromatic heterocycles.